The van der Waals surface area contributed by atoms with Crippen LogP contribution >= 0.6 is 0 Å². The van der Waals surface area contributed by atoms with Gasteiger partial charge in [-0.3, -0.25) is 0 Å². The number of benzene rings is 1. The third kappa shape index (κ3) is 10.3. The van der Waals surface area contributed by atoms with E-state index < -0.39 is 0 Å². The van der Waals surface area contributed by atoms with Crippen molar-refractivity contribution in [2.24, 2.45) is 0 Å². The van der Waals surface area contributed by atoms with Crippen molar-refractivity contribution in [3.05, 3.63) is 36.4 Å². The van der Waals surface area contributed by atoms with Crippen LogP contribution in [0.3, 0.4) is 0 Å². The molecule has 1 aliphatic carbocycles. The lowest BCUT2D eigenvalue weighted by Crippen LogP contribution is -2.11. The van der Waals surface area contributed by atoms with Crippen LogP contribution in [0.2, 0.25) is 0 Å². The number of hydrogen-bond acceptors (Lipinski definition) is 2. The van der Waals surface area contributed by atoms with Gasteiger partial charge in [0.1, 0.15) is 6.79 Å². The topological polar surface area (TPSA) is 18.5 Å². The molecule has 18 heavy (non-hydrogen) atoms. The van der Waals surface area contributed by atoms with E-state index in [4.69, 9.17) is 9.47 Å². The van der Waals surface area contributed by atoms with Gasteiger partial charge in [-0.05, 0) is 6.42 Å². The minimum absolute atomic E-state index is 0.500. The van der Waals surface area contributed by atoms with Gasteiger partial charge in [-0.25, -0.2) is 0 Å². The van der Waals surface area contributed by atoms with Gasteiger partial charge < -0.3 is 9.47 Å². The molecule has 102 valence electrons. The van der Waals surface area contributed by atoms with Gasteiger partial charge in [-0.2, -0.15) is 0 Å². The summed E-state index contributed by atoms with van der Waals surface area (Å²) in [7, 11) is 0. The minimum Gasteiger partial charge on any atom is -0.355 e. The number of hydrogen-bond donors (Lipinski definition) is 0. The van der Waals surface area contributed by atoms with Gasteiger partial charge >= 0.3 is 0 Å². The van der Waals surface area contributed by atoms with Gasteiger partial charge in [-0.1, -0.05) is 74.9 Å². The zero-order valence-electron chi connectivity index (χ0n) is 11.4. The van der Waals surface area contributed by atoms with Crippen molar-refractivity contribution < 1.29 is 9.47 Å². The fourth-order valence-electron chi connectivity index (χ4n) is 1.89. The van der Waals surface area contributed by atoms with E-state index in [-0.39, 0.29) is 0 Å². The molecule has 0 atom stereocenters. The molecule has 1 aromatic carbocycles. The lowest BCUT2D eigenvalue weighted by Gasteiger charge is -2.09. The van der Waals surface area contributed by atoms with Crippen molar-refractivity contribution in [3.63, 3.8) is 0 Å². The van der Waals surface area contributed by atoms with Gasteiger partial charge in [0, 0.05) is 0 Å². The van der Waals surface area contributed by atoms with Crippen LogP contribution in [-0.4, -0.2) is 20.0 Å². The molecular weight excluding hydrogens is 224 g/mol. The summed E-state index contributed by atoms with van der Waals surface area (Å²) >= 11 is 0. The Labute approximate surface area is 111 Å². The quantitative estimate of drug-likeness (QED) is 0.679. The standard InChI is InChI=1S/C6H12.C6H6.C4H8O2/c2*1-2-4-6-5-3-1;1-2-5-4-6-3-1/h1-6H2;1-6H;1-4H2. The molecule has 0 bridgehead atoms. The van der Waals surface area contributed by atoms with Crippen LogP contribution in [0.15, 0.2) is 36.4 Å². The highest BCUT2D eigenvalue weighted by molar-refractivity contribution is 4.99. The van der Waals surface area contributed by atoms with E-state index in [0.29, 0.717) is 6.79 Å². The average molecular weight is 250 g/mol. The van der Waals surface area contributed by atoms with Crippen LogP contribution in [0.5, 0.6) is 0 Å². The third-order valence-electron chi connectivity index (χ3n) is 2.91. The molecule has 1 saturated heterocycles. The summed E-state index contributed by atoms with van der Waals surface area (Å²) in [5.41, 5.74) is 0. The van der Waals surface area contributed by atoms with Crippen LogP contribution in [0.1, 0.15) is 44.9 Å². The normalized spacial score (nSPS) is 18.7. The Morgan fingerprint density at radius 3 is 0.944 bits per heavy atom. The van der Waals surface area contributed by atoms with E-state index in [0.717, 1.165) is 19.6 Å². The Morgan fingerprint density at radius 1 is 0.444 bits per heavy atom. The minimum atomic E-state index is 0.500. The summed E-state index contributed by atoms with van der Waals surface area (Å²) in [6.45, 7) is 2.25. The maximum absolute atomic E-state index is 4.85. The van der Waals surface area contributed by atoms with E-state index in [1.54, 1.807) is 0 Å². The first-order valence-corrected chi connectivity index (χ1v) is 7.15. The molecule has 1 saturated carbocycles. The molecule has 0 N–H and O–H groups in total. The van der Waals surface area contributed by atoms with Crippen LogP contribution < -0.4 is 0 Å². The lowest BCUT2D eigenvalue weighted by molar-refractivity contribution is -0.0963. The molecule has 0 spiro atoms. The molecule has 1 aromatic rings. The average Bonchev–Trinajstić information content (AvgIpc) is 2.54. The molecule has 2 fully saturated rings. The number of rotatable bonds is 0. The second kappa shape index (κ2) is 12.6. The van der Waals surface area contributed by atoms with E-state index in [9.17, 15) is 0 Å². The summed E-state index contributed by atoms with van der Waals surface area (Å²) in [5.74, 6) is 0. The zero-order valence-corrected chi connectivity index (χ0v) is 11.4. The smallest absolute Gasteiger partial charge is 0.146 e. The largest absolute Gasteiger partial charge is 0.355 e. The first kappa shape index (κ1) is 15.2. The molecule has 0 aromatic heterocycles. The highest BCUT2D eigenvalue weighted by atomic mass is 16.7. The molecular formula is C16H26O2. The van der Waals surface area contributed by atoms with Crippen LogP contribution in [0, 0.1) is 0 Å². The molecule has 1 aliphatic heterocycles. The zero-order chi connectivity index (χ0) is 12.7. The Bertz CT molecular complexity index is 179. The first-order valence-electron chi connectivity index (χ1n) is 7.15. The summed E-state index contributed by atoms with van der Waals surface area (Å²) < 4.78 is 9.69. The second-order valence-electron chi connectivity index (χ2n) is 4.56. The van der Waals surface area contributed by atoms with E-state index in [1.807, 2.05) is 36.4 Å². The molecule has 0 amide bonds. The highest BCUT2D eigenvalue weighted by Crippen LogP contribution is 2.15. The lowest BCUT2D eigenvalue weighted by atomic mass is 10.0. The van der Waals surface area contributed by atoms with E-state index >= 15 is 0 Å². The molecule has 2 nitrogen and oxygen atoms in total. The molecule has 0 unspecified atom stereocenters. The predicted octanol–water partition coefficient (Wildman–Crippen LogP) is 4.41. The summed E-state index contributed by atoms with van der Waals surface area (Å²) in [4.78, 5) is 0. The molecule has 1 heterocycles. The summed E-state index contributed by atoms with van der Waals surface area (Å²) in [6.07, 6.45) is 10.1. The first-order chi connectivity index (χ1) is 9.00. The van der Waals surface area contributed by atoms with Gasteiger partial charge in [0.05, 0.1) is 13.2 Å². The van der Waals surface area contributed by atoms with Gasteiger partial charge in [0.25, 0.3) is 0 Å². The Balaban J connectivity index is 0.000000135. The maximum Gasteiger partial charge on any atom is 0.146 e. The van der Waals surface area contributed by atoms with Gasteiger partial charge in [-0.15, -0.1) is 0 Å². The SMILES string of the molecule is C1CCCCC1.C1COCOC1.c1ccccc1. The van der Waals surface area contributed by atoms with Crippen molar-refractivity contribution in [2.45, 2.75) is 44.9 Å². The van der Waals surface area contributed by atoms with Crippen molar-refractivity contribution >= 4 is 0 Å². The molecule has 0 radical (unpaired) electrons. The molecule has 3 rings (SSSR count). The van der Waals surface area contributed by atoms with Crippen LogP contribution in [0.4, 0.5) is 0 Å². The molecule has 2 heteroatoms. The Morgan fingerprint density at radius 2 is 0.778 bits per heavy atom. The fourth-order valence-corrected chi connectivity index (χ4v) is 1.89. The third-order valence-corrected chi connectivity index (χ3v) is 2.91. The monoisotopic (exact) mass is 250 g/mol. The van der Waals surface area contributed by atoms with Crippen molar-refractivity contribution in [1.82, 2.24) is 0 Å². The summed E-state index contributed by atoms with van der Waals surface area (Å²) in [5, 5.41) is 0. The van der Waals surface area contributed by atoms with Crippen LogP contribution in [0.25, 0.3) is 0 Å². The Hall–Kier alpha value is -0.860. The van der Waals surface area contributed by atoms with Crippen molar-refractivity contribution in [2.75, 3.05) is 20.0 Å². The Kier molecular flexibility index (Phi) is 10.6. The van der Waals surface area contributed by atoms with Crippen molar-refractivity contribution in [1.29, 1.82) is 0 Å². The highest BCUT2D eigenvalue weighted by Gasteiger charge is 1.95. The van der Waals surface area contributed by atoms with E-state index in [1.165, 1.54) is 38.5 Å². The van der Waals surface area contributed by atoms with Crippen LogP contribution in [-0.2, 0) is 9.47 Å². The predicted molar refractivity (Wildman–Crippen MR) is 75.5 cm³/mol. The maximum atomic E-state index is 4.85. The fraction of sp³-hybridized carbons (Fsp3) is 0.625. The van der Waals surface area contributed by atoms with Gasteiger partial charge in [0.2, 0.25) is 0 Å². The molecule has 2 aliphatic rings. The van der Waals surface area contributed by atoms with Gasteiger partial charge in [0.15, 0.2) is 0 Å². The van der Waals surface area contributed by atoms with E-state index in [2.05, 4.69) is 0 Å². The van der Waals surface area contributed by atoms with Crippen molar-refractivity contribution in [3.8, 4) is 0 Å². The number of ether oxygens (including phenoxy) is 2. The summed E-state index contributed by atoms with van der Waals surface area (Å²) in [6, 6.07) is 12.0. The second-order valence-corrected chi connectivity index (χ2v) is 4.56.